The van der Waals surface area contributed by atoms with E-state index in [1.165, 1.54) is 31.4 Å². The number of sulfonamides is 1. The molecule has 0 radical (unpaired) electrons. The van der Waals surface area contributed by atoms with Crippen molar-refractivity contribution in [2.45, 2.75) is 60.4 Å². The van der Waals surface area contributed by atoms with E-state index >= 15 is 8.78 Å². The molecule has 0 fully saturated rings. The Hall–Kier alpha value is -4.09. The third kappa shape index (κ3) is 9.96. The normalized spacial score (nSPS) is 12.9. The lowest BCUT2D eigenvalue weighted by Crippen LogP contribution is -2.47. The number of carbonyl (C=O) groups is 2. The molecule has 0 saturated carbocycles. The Bertz CT molecular complexity index is 2080. The molecule has 0 aliphatic rings. The van der Waals surface area contributed by atoms with E-state index in [1.54, 1.807) is 22.9 Å². The number of ether oxygens (including phenoxy) is 1. The van der Waals surface area contributed by atoms with Gasteiger partial charge in [-0.15, -0.1) is 0 Å². The topological polar surface area (TPSA) is 139 Å². The molecule has 0 bridgehead atoms. The molecule has 0 aliphatic heterocycles. The highest BCUT2D eigenvalue weighted by Gasteiger charge is 2.37. The Morgan fingerprint density at radius 2 is 1.67 bits per heavy atom. The van der Waals surface area contributed by atoms with Crippen molar-refractivity contribution < 1.29 is 50.6 Å². The van der Waals surface area contributed by atoms with Crippen LogP contribution in [0, 0.1) is 17.5 Å². The first-order valence-corrected chi connectivity index (χ1v) is 19.5. The van der Waals surface area contributed by atoms with Crippen LogP contribution in [0.25, 0.3) is 5.69 Å². The second kappa shape index (κ2) is 17.1. The molecule has 0 aliphatic carbocycles. The number of aromatic nitrogens is 2. The van der Waals surface area contributed by atoms with Crippen LogP contribution >= 0.6 is 23.4 Å². The molecule has 17 heteroatoms. The highest BCUT2D eigenvalue weighted by Crippen LogP contribution is 2.39. The molecular formula is C37H43ClF3N4O7S2+. The number of aliphatic carboxylic acids is 2. The standard InChI is InChI=1S/C37H42ClF3N4O7S2/c1-37(2,23-8-13-28(38)32(18-23)52-6)33-21-42-36(44(33)25-11-9-24(39)10-12-25)53-22-27-29(40)19-26(20-30(27)41)54(50,51)43(16-7-17-45(3,4)5)31(35(48)49)14-15-34(46)47/h8-13,18-21,31H,7,14-17,22H2,1-6H3,(H-,46,47,48,49)/p+1/t31-/m0/s1. The minimum Gasteiger partial charge on any atom is -0.495 e. The van der Waals surface area contributed by atoms with Gasteiger partial charge >= 0.3 is 11.9 Å². The zero-order valence-electron chi connectivity index (χ0n) is 30.6. The quantitative estimate of drug-likeness (QED) is 0.0806. The molecule has 0 saturated heterocycles. The molecule has 1 atom stereocenters. The van der Waals surface area contributed by atoms with Gasteiger partial charge in [-0.1, -0.05) is 43.3 Å². The minimum atomic E-state index is -4.83. The Morgan fingerprint density at radius 1 is 1.04 bits per heavy atom. The minimum absolute atomic E-state index is 0.185. The van der Waals surface area contributed by atoms with Crippen LogP contribution in [0.5, 0.6) is 5.75 Å². The lowest BCUT2D eigenvalue weighted by atomic mass is 9.81. The van der Waals surface area contributed by atoms with Crippen molar-refractivity contribution in [3.05, 3.63) is 100 Å². The lowest BCUT2D eigenvalue weighted by molar-refractivity contribution is -0.870. The molecule has 11 nitrogen and oxygen atoms in total. The van der Waals surface area contributed by atoms with Gasteiger partial charge in [-0.2, -0.15) is 4.31 Å². The molecule has 292 valence electrons. The smallest absolute Gasteiger partial charge is 0.322 e. The number of thioether (sulfide) groups is 1. The van der Waals surface area contributed by atoms with Crippen LogP contribution in [-0.4, -0.2) is 96.3 Å². The molecule has 1 aromatic heterocycles. The number of imidazole rings is 1. The maximum Gasteiger partial charge on any atom is 0.322 e. The van der Waals surface area contributed by atoms with Gasteiger partial charge < -0.3 is 19.4 Å². The van der Waals surface area contributed by atoms with E-state index in [-0.39, 0.29) is 18.7 Å². The van der Waals surface area contributed by atoms with Gasteiger partial charge in [-0.25, -0.2) is 26.6 Å². The fourth-order valence-electron chi connectivity index (χ4n) is 5.85. The van der Waals surface area contributed by atoms with Crippen LogP contribution in [0.3, 0.4) is 0 Å². The maximum atomic E-state index is 15.8. The lowest BCUT2D eigenvalue weighted by Gasteiger charge is -2.30. The van der Waals surface area contributed by atoms with Crippen molar-refractivity contribution in [2.24, 2.45) is 0 Å². The van der Waals surface area contributed by atoms with E-state index in [4.69, 9.17) is 16.3 Å². The number of quaternary nitrogens is 1. The largest absolute Gasteiger partial charge is 0.495 e. The predicted molar refractivity (Wildman–Crippen MR) is 199 cm³/mol. The van der Waals surface area contributed by atoms with E-state index in [1.807, 2.05) is 41.1 Å². The van der Waals surface area contributed by atoms with Gasteiger partial charge in [0, 0.05) is 41.8 Å². The van der Waals surface area contributed by atoms with Gasteiger partial charge in [0.05, 0.1) is 56.6 Å². The Balaban J connectivity index is 1.72. The number of rotatable bonds is 18. The highest BCUT2D eigenvalue weighted by molar-refractivity contribution is 7.98. The van der Waals surface area contributed by atoms with Crippen molar-refractivity contribution in [3.63, 3.8) is 0 Å². The van der Waals surface area contributed by atoms with E-state index < -0.39 is 74.2 Å². The summed E-state index contributed by atoms with van der Waals surface area (Å²) in [6.07, 6.45) is 0.590. The van der Waals surface area contributed by atoms with Gasteiger partial charge in [-0.3, -0.25) is 14.2 Å². The summed E-state index contributed by atoms with van der Waals surface area (Å²) in [5.74, 6) is -5.67. The SMILES string of the molecule is COc1cc(C(C)(C)c2cnc(SCc3c(F)cc(S(=O)(=O)N(CCC[N+](C)(C)C)[C@@H](CCC(=O)O)C(=O)O)cc3F)n2-c2ccc(F)cc2)ccc1Cl. The van der Waals surface area contributed by atoms with E-state index in [0.717, 1.165) is 17.3 Å². The third-order valence-electron chi connectivity index (χ3n) is 8.87. The van der Waals surface area contributed by atoms with Gasteiger partial charge in [0.2, 0.25) is 10.0 Å². The van der Waals surface area contributed by atoms with E-state index in [2.05, 4.69) is 4.98 Å². The zero-order valence-corrected chi connectivity index (χ0v) is 33.0. The van der Waals surface area contributed by atoms with E-state index in [9.17, 15) is 32.6 Å². The summed E-state index contributed by atoms with van der Waals surface area (Å²) in [5.41, 5.74) is 0.749. The van der Waals surface area contributed by atoms with Crippen LogP contribution in [0.1, 0.15) is 49.9 Å². The van der Waals surface area contributed by atoms with Crippen molar-refractivity contribution >= 4 is 45.3 Å². The predicted octanol–water partition coefficient (Wildman–Crippen LogP) is 6.97. The molecule has 54 heavy (non-hydrogen) atoms. The Kier molecular flexibility index (Phi) is 13.5. The fourth-order valence-corrected chi connectivity index (χ4v) is 8.73. The number of benzene rings is 3. The number of nitrogens with zero attached hydrogens (tertiary/aromatic N) is 4. The summed E-state index contributed by atoms with van der Waals surface area (Å²) in [7, 11) is 2.22. The van der Waals surface area contributed by atoms with Crippen molar-refractivity contribution in [1.29, 1.82) is 0 Å². The average Bonchev–Trinajstić information content (AvgIpc) is 3.51. The first-order valence-electron chi connectivity index (χ1n) is 16.7. The molecule has 0 spiro atoms. The Labute approximate surface area is 322 Å². The highest BCUT2D eigenvalue weighted by atomic mass is 35.5. The molecule has 1 heterocycles. The first-order chi connectivity index (χ1) is 25.2. The van der Waals surface area contributed by atoms with Crippen LogP contribution in [0.4, 0.5) is 13.2 Å². The number of halogens is 4. The van der Waals surface area contributed by atoms with Crippen LogP contribution in [0.2, 0.25) is 5.02 Å². The number of hydrogen-bond donors (Lipinski definition) is 2. The summed E-state index contributed by atoms with van der Waals surface area (Å²) in [4.78, 5) is 27.3. The van der Waals surface area contributed by atoms with Gasteiger partial charge in [-0.05, 0) is 60.5 Å². The van der Waals surface area contributed by atoms with Crippen molar-refractivity contribution in [3.8, 4) is 11.4 Å². The zero-order chi connectivity index (χ0) is 40.2. The summed E-state index contributed by atoms with van der Waals surface area (Å²) < 4.78 is 81.5. The number of carboxylic acids is 2. The van der Waals surface area contributed by atoms with Crippen molar-refractivity contribution in [2.75, 3.05) is 41.3 Å². The van der Waals surface area contributed by atoms with E-state index in [0.29, 0.717) is 54.8 Å². The monoisotopic (exact) mass is 811 g/mol. The summed E-state index contributed by atoms with van der Waals surface area (Å²) >= 11 is 7.23. The number of methoxy groups -OCH3 is 1. The summed E-state index contributed by atoms with van der Waals surface area (Å²) in [6.45, 7) is 3.96. The molecular weight excluding hydrogens is 769 g/mol. The molecule has 4 aromatic rings. The van der Waals surface area contributed by atoms with Crippen LogP contribution < -0.4 is 4.74 Å². The summed E-state index contributed by atoms with van der Waals surface area (Å²) in [5, 5.41) is 19.8. The molecule has 0 amide bonds. The second-order valence-corrected chi connectivity index (χ2v) is 17.4. The third-order valence-corrected chi connectivity index (χ3v) is 12.0. The second-order valence-electron chi connectivity index (χ2n) is 14.1. The summed E-state index contributed by atoms with van der Waals surface area (Å²) in [6, 6.07) is 10.4. The van der Waals surface area contributed by atoms with Gasteiger partial charge in [0.25, 0.3) is 0 Å². The number of carboxylic acid groups (broad SMARTS) is 2. The maximum absolute atomic E-state index is 15.8. The molecule has 2 N–H and O–H groups in total. The number of hydrogen-bond acceptors (Lipinski definition) is 7. The van der Waals surface area contributed by atoms with Gasteiger partial charge in [0.1, 0.15) is 29.2 Å². The van der Waals surface area contributed by atoms with Crippen LogP contribution in [0.15, 0.2) is 70.8 Å². The van der Waals surface area contributed by atoms with Crippen molar-refractivity contribution in [1.82, 2.24) is 13.9 Å². The molecule has 3 aromatic carbocycles. The first kappa shape index (κ1) is 42.6. The van der Waals surface area contributed by atoms with Gasteiger partial charge in [0.15, 0.2) is 5.16 Å². The molecule has 0 unspecified atom stereocenters. The molecule has 4 rings (SSSR count). The van der Waals surface area contributed by atoms with Crippen LogP contribution in [-0.2, 0) is 30.8 Å². The fraction of sp³-hybridized carbons (Fsp3) is 0.378. The Morgan fingerprint density at radius 3 is 2.22 bits per heavy atom. The average molecular weight is 812 g/mol.